The maximum atomic E-state index is 12.6. The average molecular weight is 282 g/mol. The van der Waals surface area contributed by atoms with Crippen LogP contribution in [0.1, 0.15) is 40.5 Å². The number of nitrogens with zero attached hydrogens (tertiary/aromatic N) is 1. The predicted molar refractivity (Wildman–Crippen MR) is 69.5 cm³/mol. The molecule has 1 amide bonds. The standard InChI is InChI=1S/C13H25F3N2O/c1-5-12(6-2,8-17)11(19)18(7-10(3)4)9-13(14,15)16/h10H,5-9,17H2,1-4H3. The molecule has 0 spiro atoms. The van der Waals surface area contributed by atoms with Crippen molar-refractivity contribution in [2.75, 3.05) is 19.6 Å². The van der Waals surface area contributed by atoms with Crippen LogP contribution in [0.2, 0.25) is 0 Å². The van der Waals surface area contributed by atoms with Gasteiger partial charge in [0, 0.05) is 13.1 Å². The summed E-state index contributed by atoms with van der Waals surface area (Å²) < 4.78 is 37.8. The quantitative estimate of drug-likeness (QED) is 0.780. The fourth-order valence-electron chi connectivity index (χ4n) is 2.14. The first kappa shape index (κ1) is 18.2. The van der Waals surface area contributed by atoms with E-state index in [2.05, 4.69) is 0 Å². The highest BCUT2D eigenvalue weighted by Gasteiger charge is 2.41. The van der Waals surface area contributed by atoms with E-state index in [0.29, 0.717) is 12.8 Å². The summed E-state index contributed by atoms with van der Waals surface area (Å²) in [7, 11) is 0. The zero-order valence-electron chi connectivity index (χ0n) is 12.2. The Bertz CT molecular complexity index is 278. The van der Waals surface area contributed by atoms with Gasteiger partial charge < -0.3 is 10.6 Å². The van der Waals surface area contributed by atoms with Crippen LogP contribution in [0.4, 0.5) is 13.2 Å². The third kappa shape index (κ3) is 5.38. The Morgan fingerprint density at radius 2 is 1.68 bits per heavy atom. The van der Waals surface area contributed by atoms with Crippen molar-refractivity contribution >= 4 is 5.91 Å². The van der Waals surface area contributed by atoms with Gasteiger partial charge in [0.1, 0.15) is 6.54 Å². The molecule has 0 radical (unpaired) electrons. The summed E-state index contributed by atoms with van der Waals surface area (Å²) in [6, 6.07) is 0. The Balaban J connectivity index is 5.18. The molecule has 3 nitrogen and oxygen atoms in total. The molecule has 0 aliphatic heterocycles. The minimum Gasteiger partial charge on any atom is -0.333 e. The van der Waals surface area contributed by atoms with E-state index in [1.54, 1.807) is 27.7 Å². The number of alkyl halides is 3. The van der Waals surface area contributed by atoms with E-state index in [-0.39, 0.29) is 19.0 Å². The molecule has 0 saturated carbocycles. The van der Waals surface area contributed by atoms with Gasteiger partial charge in [-0.3, -0.25) is 4.79 Å². The van der Waals surface area contributed by atoms with Crippen molar-refractivity contribution in [1.29, 1.82) is 0 Å². The molecule has 0 aromatic carbocycles. The van der Waals surface area contributed by atoms with E-state index in [0.717, 1.165) is 4.90 Å². The van der Waals surface area contributed by atoms with Crippen molar-refractivity contribution < 1.29 is 18.0 Å². The minimum absolute atomic E-state index is 0.0181. The topological polar surface area (TPSA) is 46.3 Å². The van der Waals surface area contributed by atoms with Gasteiger partial charge in [0.05, 0.1) is 5.41 Å². The number of amides is 1. The van der Waals surface area contributed by atoms with Crippen LogP contribution in [0, 0.1) is 11.3 Å². The Morgan fingerprint density at radius 1 is 1.21 bits per heavy atom. The summed E-state index contributed by atoms with van der Waals surface area (Å²) in [6.07, 6.45) is -3.48. The maximum Gasteiger partial charge on any atom is 0.406 e. The molecule has 114 valence electrons. The maximum absolute atomic E-state index is 12.6. The van der Waals surface area contributed by atoms with Crippen LogP contribution in [0.25, 0.3) is 0 Å². The van der Waals surface area contributed by atoms with Crippen LogP contribution in [0.5, 0.6) is 0 Å². The lowest BCUT2D eigenvalue weighted by Crippen LogP contribution is -2.51. The van der Waals surface area contributed by atoms with Crippen LogP contribution >= 0.6 is 0 Å². The lowest BCUT2D eigenvalue weighted by atomic mass is 9.80. The SMILES string of the molecule is CCC(CC)(CN)C(=O)N(CC(C)C)CC(F)(F)F. The summed E-state index contributed by atoms with van der Waals surface area (Å²) in [5.74, 6) is -0.499. The van der Waals surface area contributed by atoms with Crippen molar-refractivity contribution in [2.45, 2.75) is 46.7 Å². The molecule has 0 aromatic heterocycles. The second-order valence-electron chi connectivity index (χ2n) is 5.39. The van der Waals surface area contributed by atoms with Crippen molar-refractivity contribution in [1.82, 2.24) is 4.90 Å². The van der Waals surface area contributed by atoms with Gasteiger partial charge in [-0.2, -0.15) is 13.2 Å². The fraction of sp³-hybridized carbons (Fsp3) is 0.923. The minimum atomic E-state index is -4.38. The number of hydrogen-bond acceptors (Lipinski definition) is 2. The summed E-state index contributed by atoms with van der Waals surface area (Å²) in [5.41, 5.74) is 4.76. The largest absolute Gasteiger partial charge is 0.406 e. The Labute approximate surface area is 113 Å². The van der Waals surface area contributed by atoms with Crippen LogP contribution < -0.4 is 5.73 Å². The second kappa shape index (κ2) is 7.12. The zero-order valence-corrected chi connectivity index (χ0v) is 12.2. The molecule has 6 heteroatoms. The lowest BCUT2D eigenvalue weighted by molar-refractivity contribution is -0.169. The van der Waals surface area contributed by atoms with Gasteiger partial charge in [-0.1, -0.05) is 27.7 Å². The molecule has 0 fully saturated rings. The number of nitrogens with two attached hydrogens (primary N) is 1. The van der Waals surface area contributed by atoms with Gasteiger partial charge in [-0.05, 0) is 18.8 Å². The molecular weight excluding hydrogens is 257 g/mol. The Hall–Kier alpha value is -0.780. The zero-order chi connectivity index (χ0) is 15.3. The first-order valence-electron chi connectivity index (χ1n) is 6.68. The summed E-state index contributed by atoms with van der Waals surface area (Å²) in [5, 5.41) is 0. The number of carbonyl (C=O) groups is 1. The summed E-state index contributed by atoms with van der Waals surface area (Å²) in [6.45, 7) is 6.12. The van der Waals surface area contributed by atoms with Gasteiger partial charge in [0.25, 0.3) is 0 Å². The molecule has 0 aliphatic rings. The molecule has 0 heterocycles. The van der Waals surface area contributed by atoms with Crippen molar-refractivity contribution in [2.24, 2.45) is 17.1 Å². The van der Waals surface area contributed by atoms with E-state index >= 15 is 0 Å². The molecule has 0 aromatic rings. The Morgan fingerprint density at radius 3 is 1.95 bits per heavy atom. The van der Waals surface area contributed by atoms with Crippen molar-refractivity contribution in [3.05, 3.63) is 0 Å². The van der Waals surface area contributed by atoms with Crippen LogP contribution in [-0.4, -0.2) is 36.6 Å². The highest BCUT2D eigenvalue weighted by Crippen LogP contribution is 2.29. The highest BCUT2D eigenvalue weighted by molar-refractivity contribution is 5.83. The van der Waals surface area contributed by atoms with Crippen LogP contribution in [0.3, 0.4) is 0 Å². The van der Waals surface area contributed by atoms with Crippen molar-refractivity contribution in [3.8, 4) is 0 Å². The van der Waals surface area contributed by atoms with Gasteiger partial charge >= 0.3 is 6.18 Å². The van der Waals surface area contributed by atoms with E-state index in [4.69, 9.17) is 5.73 Å². The van der Waals surface area contributed by atoms with E-state index in [9.17, 15) is 18.0 Å². The molecule has 0 unspecified atom stereocenters. The normalized spacial score (nSPS) is 12.9. The van der Waals surface area contributed by atoms with Gasteiger partial charge in [0.15, 0.2) is 0 Å². The molecule has 0 atom stereocenters. The van der Waals surface area contributed by atoms with Gasteiger partial charge in [-0.15, -0.1) is 0 Å². The highest BCUT2D eigenvalue weighted by atomic mass is 19.4. The molecule has 0 aliphatic carbocycles. The summed E-state index contributed by atoms with van der Waals surface area (Å²) in [4.78, 5) is 13.3. The molecule has 19 heavy (non-hydrogen) atoms. The molecular formula is C13H25F3N2O. The smallest absolute Gasteiger partial charge is 0.333 e. The predicted octanol–water partition coefficient (Wildman–Crippen LogP) is 2.80. The average Bonchev–Trinajstić information content (AvgIpc) is 2.28. The molecule has 0 bridgehead atoms. The summed E-state index contributed by atoms with van der Waals surface area (Å²) >= 11 is 0. The molecule has 0 rings (SSSR count). The molecule has 2 N–H and O–H groups in total. The second-order valence-corrected chi connectivity index (χ2v) is 5.39. The third-order valence-electron chi connectivity index (χ3n) is 3.44. The van der Waals surface area contributed by atoms with E-state index in [1.807, 2.05) is 0 Å². The lowest BCUT2D eigenvalue weighted by Gasteiger charge is -2.36. The van der Waals surface area contributed by atoms with Crippen LogP contribution in [-0.2, 0) is 4.79 Å². The number of hydrogen-bond donors (Lipinski definition) is 1. The van der Waals surface area contributed by atoms with E-state index in [1.165, 1.54) is 0 Å². The fourth-order valence-corrected chi connectivity index (χ4v) is 2.14. The first-order valence-corrected chi connectivity index (χ1v) is 6.68. The number of halogens is 3. The first-order chi connectivity index (χ1) is 8.61. The van der Waals surface area contributed by atoms with Gasteiger partial charge in [-0.25, -0.2) is 0 Å². The Kier molecular flexibility index (Phi) is 6.83. The van der Waals surface area contributed by atoms with Gasteiger partial charge in [0.2, 0.25) is 5.91 Å². The molecule has 0 saturated heterocycles. The van der Waals surface area contributed by atoms with Crippen LogP contribution in [0.15, 0.2) is 0 Å². The number of rotatable bonds is 7. The van der Waals surface area contributed by atoms with E-state index < -0.39 is 24.0 Å². The monoisotopic (exact) mass is 282 g/mol. The third-order valence-corrected chi connectivity index (χ3v) is 3.44. The number of carbonyl (C=O) groups excluding carboxylic acids is 1. The van der Waals surface area contributed by atoms with Crippen molar-refractivity contribution in [3.63, 3.8) is 0 Å².